The van der Waals surface area contributed by atoms with E-state index in [1.807, 2.05) is 0 Å². The van der Waals surface area contributed by atoms with Crippen molar-refractivity contribution in [3.63, 3.8) is 0 Å². The molecule has 3 rings (SSSR count). The number of amides is 1. The number of hydrogen-bond donors (Lipinski definition) is 1. The maximum Gasteiger partial charge on any atom is 0.326 e. The highest BCUT2D eigenvalue weighted by Gasteiger charge is 2.50. The molecule has 22 heavy (non-hydrogen) atoms. The van der Waals surface area contributed by atoms with Gasteiger partial charge in [0.25, 0.3) is 0 Å². The number of rotatable bonds is 3. The zero-order valence-electron chi connectivity index (χ0n) is 13.8. The molecule has 1 saturated heterocycles. The van der Waals surface area contributed by atoms with Crippen LogP contribution in [-0.4, -0.2) is 34.5 Å². The molecule has 0 aromatic carbocycles. The van der Waals surface area contributed by atoms with Gasteiger partial charge in [-0.15, -0.1) is 0 Å². The van der Waals surface area contributed by atoms with Crippen LogP contribution in [0.3, 0.4) is 0 Å². The Labute approximate surface area is 133 Å². The molecule has 3 unspecified atom stereocenters. The Morgan fingerprint density at radius 1 is 1.05 bits per heavy atom. The quantitative estimate of drug-likeness (QED) is 0.871. The summed E-state index contributed by atoms with van der Waals surface area (Å²) in [5, 5.41) is 9.60. The van der Waals surface area contributed by atoms with Gasteiger partial charge in [0.1, 0.15) is 6.04 Å². The van der Waals surface area contributed by atoms with Gasteiger partial charge in [-0.3, -0.25) is 4.79 Å². The molecule has 3 fully saturated rings. The Balaban J connectivity index is 1.66. The van der Waals surface area contributed by atoms with Crippen molar-refractivity contribution in [2.24, 2.45) is 29.6 Å². The van der Waals surface area contributed by atoms with E-state index < -0.39 is 12.0 Å². The number of fused-ring (bicyclic) bond motifs is 1. The monoisotopic (exact) mass is 307 g/mol. The van der Waals surface area contributed by atoms with E-state index >= 15 is 0 Å². The maximum absolute atomic E-state index is 12.9. The molecule has 0 aromatic heterocycles. The molecule has 1 heterocycles. The van der Waals surface area contributed by atoms with Crippen LogP contribution in [0.2, 0.25) is 0 Å². The molecule has 0 bridgehead atoms. The minimum atomic E-state index is -0.793. The minimum Gasteiger partial charge on any atom is -0.480 e. The molecule has 4 nitrogen and oxygen atoms in total. The topological polar surface area (TPSA) is 57.6 Å². The first-order valence-electron chi connectivity index (χ1n) is 9.02. The van der Waals surface area contributed by atoms with Crippen molar-refractivity contribution in [2.45, 2.75) is 64.8 Å². The van der Waals surface area contributed by atoms with Crippen molar-refractivity contribution >= 4 is 11.9 Å². The third kappa shape index (κ3) is 2.77. The van der Waals surface area contributed by atoms with Crippen LogP contribution in [0.1, 0.15) is 58.8 Å². The van der Waals surface area contributed by atoms with E-state index in [-0.39, 0.29) is 17.7 Å². The van der Waals surface area contributed by atoms with Gasteiger partial charge < -0.3 is 10.0 Å². The molecule has 2 aliphatic carbocycles. The highest BCUT2D eigenvalue weighted by Crippen LogP contribution is 2.44. The van der Waals surface area contributed by atoms with Gasteiger partial charge in [0.15, 0.2) is 0 Å². The first-order valence-corrected chi connectivity index (χ1v) is 9.02. The first-order chi connectivity index (χ1) is 10.5. The Kier molecular flexibility index (Phi) is 4.47. The van der Waals surface area contributed by atoms with Gasteiger partial charge in [0.05, 0.1) is 0 Å². The van der Waals surface area contributed by atoms with Gasteiger partial charge in [0, 0.05) is 12.5 Å². The lowest BCUT2D eigenvalue weighted by molar-refractivity contribution is -0.152. The molecule has 1 amide bonds. The maximum atomic E-state index is 12.9. The minimum absolute atomic E-state index is 0.0654. The predicted octanol–water partition coefficient (Wildman–Crippen LogP) is 3.16. The summed E-state index contributed by atoms with van der Waals surface area (Å²) in [5.41, 5.74) is 0. The predicted molar refractivity (Wildman–Crippen MR) is 84.3 cm³/mol. The second kappa shape index (κ2) is 6.21. The first kappa shape index (κ1) is 15.8. The fourth-order valence-electron chi connectivity index (χ4n) is 5.12. The molecular weight excluding hydrogens is 278 g/mol. The second-order valence-corrected chi connectivity index (χ2v) is 7.98. The van der Waals surface area contributed by atoms with Crippen molar-refractivity contribution < 1.29 is 14.7 Å². The number of carbonyl (C=O) groups is 2. The fourth-order valence-corrected chi connectivity index (χ4v) is 5.12. The van der Waals surface area contributed by atoms with Crippen molar-refractivity contribution in [3.8, 4) is 0 Å². The summed E-state index contributed by atoms with van der Waals surface area (Å²) in [4.78, 5) is 26.3. The Morgan fingerprint density at radius 3 is 2.32 bits per heavy atom. The molecule has 1 aliphatic heterocycles. The summed E-state index contributed by atoms with van der Waals surface area (Å²) in [6, 6.07) is -0.553. The Hall–Kier alpha value is -1.06. The summed E-state index contributed by atoms with van der Waals surface area (Å²) < 4.78 is 0. The van der Waals surface area contributed by atoms with Crippen LogP contribution in [0.25, 0.3) is 0 Å². The van der Waals surface area contributed by atoms with Crippen molar-refractivity contribution in [1.82, 2.24) is 4.90 Å². The number of nitrogens with zero attached hydrogens (tertiary/aromatic N) is 1. The smallest absolute Gasteiger partial charge is 0.326 e. The van der Waals surface area contributed by atoms with Crippen LogP contribution < -0.4 is 0 Å². The molecular formula is C18H29NO3. The molecule has 0 radical (unpaired) electrons. The standard InChI is InChI=1S/C18H29NO3/c1-11(2)12-6-8-13(9-7-12)17(20)19-10-14-4-3-5-15(14)16(19)18(21)22/h11-16H,3-10H2,1-2H3,(H,21,22). The van der Waals surface area contributed by atoms with Gasteiger partial charge in [-0.2, -0.15) is 0 Å². The summed E-state index contributed by atoms with van der Waals surface area (Å²) >= 11 is 0. The summed E-state index contributed by atoms with van der Waals surface area (Å²) in [6.07, 6.45) is 7.32. The van der Waals surface area contributed by atoms with Crippen molar-refractivity contribution in [3.05, 3.63) is 0 Å². The third-order valence-electron chi connectivity index (χ3n) is 6.49. The Bertz CT molecular complexity index is 440. The van der Waals surface area contributed by atoms with Crippen molar-refractivity contribution in [1.29, 1.82) is 0 Å². The van der Waals surface area contributed by atoms with Crippen LogP contribution in [0, 0.1) is 29.6 Å². The zero-order chi connectivity index (χ0) is 15.9. The van der Waals surface area contributed by atoms with E-state index in [0.717, 1.165) is 50.9 Å². The van der Waals surface area contributed by atoms with Crippen LogP contribution >= 0.6 is 0 Å². The van der Waals surface area contributed by atoms with Gasteiger partial charge in [0.2, 0.25) is 5.91 Å². The summed E-state index contributed by atoms with van der Waals surface area (Å²) in [5.74, 6) is 1.45. The van der Waals surface area contributed by atoms with E-state index in [9.17, 15) is 14.7 Å². The second-order valence-electron chi connectivity index (χ2n) is 7.98. The third-order valence-corrected chi connectivity index (χ3v) is 6.49. The molecule has 2 saturated carbocycles. The number of hydrogen-bond acceptors (Lipinski definition) is 2. The van der Waals surface area contributed by atoms with Gasteiger partial charge in [-0.1, -0.05) is 20.3 Å². The lowest BCUT2D eigenvalue weighted by atomic mass is 9.76. The van der Waals surface area contributed by atoms with E-state index in [1.54, 1.807) is 4.90 Å². The molecule has 1 N–H and O–H groups in total. The van der Waals surface area contributed by atoms with Gasteiger partial charge in [-0.25, -0.2) is 4.79 Å². The summed E-state index contributed by atoms with van der Waals surface area (Å²) in [6.45, 7) is 5.20. The van der Waals surface area contributed by atoms with E-state index in [4.69, 9.17) is 0 Å². The molecule has 4 heteroatoms. The van der Waals surface area contributed by atoms with Gasteiger partial charge >= 0.3 is 5.97 Å². The molecule has 124 valence electrons. The average molecular weight is 307 g/mol. The number of carboxylic acids is 1. The average Bonchev–Trinajstić information content (AvgIpc) is 3.06. The lowest BCUT2D eigenvalue weighted by Gasteiger charge is -2.34. The molecule has 0 aromatic rings. The van der Waals surface area contributed by atoms with E-state index in [0.29, 0.717) is 18.4 Å². The Morgan fingerprint density at radius 2 is 1.73 bits per heavy atom. The number of carboxylic acid groups (broad SMARTS) is 1. The number of aliphatic carboxylic acids is 1. The summed E-state index contributed by atoms with van der Waals surface area (Å²) in [7, 11) is 0. The van der Waals surface area contributed by atoms with Crippen molar-refractivity contribution in [2.75, 3.05) is 6.54 Å². The number of likely N-dealkylation sites (tertiary alicyclic amines) is 1. The van der Waals surface area contributed by atoms with E-state index in [1.165, 1.54) is 0 Å². The van der Waals surface area contributed by atoms with Crippen LogP contribution in [0.15, 0.2) is 0 Å². The van der Waals surface area contributed by atoms with Crippen LogP contribution in [-0.2, 0) is 9.59 Å². The van der Waals surface area contributed by atoms with Gasteiger partial charge in [-0.05, 0) is 62.2 Å². The zero-order valence-corrected chi connectivity index (χ0v) is 13.8. The highest BCUT2D eigenvalue weighted by atomic mass is 16.4. The normalized spacial score (nSPS) is 38.3. The highest BCUT2D eigenvalue weighted by molar-refractivity contribution is 5.86. The molecule has 3 atom stereocenters. The molecule has 0 spiro atoms. The fraction of sp³-hybridized carbons (Fsp3) is 0.889. The molecule has 3 aliphatic rings. The van der Waals surface area contributed by atoms with Crippen LogP contribution in [0.4, 0.5) is 0 Å². The SMILES string of the molecule is CC(C)C1CCC(C(=O)N2CC3CCCC3C2C(=O)O)CC1. The largest absolute Gasteiger partial charge is 0.480 e. The lowest BCUT2D eigenvalue weighted by Crippen LogP contribution is -2.46. The van der Waals surface area contributed by atoms with Crippen LogP contribution in [0.5, 0.6) is 0 Å². The van der Waals surface area contributed by atoms with E-state index in [2.05, 4.69) is 13.8 Å². The number of carbonyl (C=O) groups excluding carboxylic acids is 1.